The van der Waals surface area contributed by atoms with E-state index in [1.54, 1.807) is 0 Å². The van der Waals surface area contributed by atoms with Gasteiger partial charge in [0.2, 0.25) is 11.8 Å². The van der Waals surface area contributed by atoms with Gasteiger partial charge in [0.15, 0.2) is 0 Å². The van der Waals surface area contributed by atoms with Crippen LogP contribution in [0.3, 0.4) is 0 Å². The molecule has 0 aliphatic heterocycles. The van der Waals surface area contributed by atoms with Crippen LogP contribution in [-0.4, -0.2) is 48.2 Å². The summed E-state index contributed by atoms with van der Waals surface area (Å²) in [5.74, 6) is 1.28. The van der Waals surface area contributed by atoms with Crippen LogP contribution in [0.25, 0.3) is 0 Å². The highest BCUT2D eigenvalue weighted by atomic mass is 35.5. The molecule has 5 atom stereocenters. The van der Waals surface area contributed by atoms with Crippen LogP contribution in [0.5, 0.6) is 0 Å². The zero-order valence-electron chi connectivity index (χ0n) is 17.4. The van der Waals surface area contributed by atoms with E-state index in [0.29, 0.717) is 24.7 Å². The summed E-state index contributed by atoms with van der Waals surface area (Å²) in [5, 5.41) is 5.80. The van der Waals surface area contributed by atoms with Crippen molar-refractivity contribution in [2.24, 2.45) is 17.3 Å². The number of alkyl halides is 2. The number of halogens is 2. The third-order valence-corrected chi connectivity index (χ3v) is 8.32. The Hall–Kier alpha value is -0.880. The molecule has 5 fully saturated rings. The highest BCUT2D eigenvalue weighted by Crippen LogP contribution is 2.67. The number of carbonyl (C=O) groups excluding carboxylic acids is 2. The first-order valence-corrected chi connectivity index (χ1v) is 11.7. The molecule has 5 unspecified atom stereocenters. The molecule has 0 saturated heterocycles. The standard InChI is InChI=1S/C22H34ClFN2O3/c1-14-4-2-3-5-15(14)9-25-20(28)21-11-22(12-21,13-21)26-19(27)10-29-16-6-7-17(23)18(24)8-16/h14-18H,2-13H2,1H3,(H,25,28)(H,26,27). The number of carbonyl (C=O) groups is 2. The molecule has 0 aromatic heterocycles. The Balaban J connectivity index is 1.14. The Morgan fingerprint density at radius 1 is 1.14 bits per heavy atom. The molecule has 5 rings (SSSR count). The first-order valence-electron chi connectivity index (χ1n) is 11.3. The van der Waals surface area contributed by atoms with E-state index in [4.69, 9.17) is 16.3 Å². The topological polar surface area (TPSA) is 67.4 Å². The molecule has 5 aliphatic rings. The molecular weight excluding hydrogens is 395 g/mol. The average Bonchev–Trinajstić information content (AvgIpc) is 2.63. The zero-order chi connectivity index (χ0) is 20.6. The third kappa shape index (κ3) is 4.43. The molecule has 0 spiro atoms. The fraction of sp³-hybridized carbons (Fsp3) is 0.909. The van der Waals surface area contributed by atoms with E-state index < -0.39 is 11.5 Å². The highest BCUT2D eigenvalue weighted by molar-refractivity contribution is 6.21. The fourth-order valence-electron chi connectivity index (χ4n) is 5.99. The van der Waals surface area contributed by atoms with E-state index in [0.717, 1.165) is 25.8 Å². The third-order valence-electron chi connectivity index (χ3n) is 7.83. The minimum Gasteiger partial charge on any atom is -0.368 e. The van der Waals surface area contributed by atoms with Crippen LogP contribution >= 0.6 is 11.6 Å². The maximum absolute atomic E-state index is 13.7. The second-order valence-corrected chi connectivity index (χ2v) is 10.7. The predicted octanol–water partition coefficient (Wildman–Crippen LogP) is 3.48. The fourth-order valence-corrected chi connectivity index (χ4v) is 6.22. The quantitative estimate of drug-likeness (QED) is 0.610. The van der Waals surface area contributed by atoms with Crippen molar-refractivity contribution in [3.05, 3.63) is 0 Å². The molecule has 0 heterocycles. The van der Waals surface area contributed by atoms with E-state index >= 15 is 0 Å². The molecule has 5 saturated carbocycles. The molecule has 0 aromatic rings. The maximum atomic E-state index is 13.7. The molecule has 2 amide bonds. The summed E-state index contributed by atoms with van der Waals surface area (Å²) >= 11 is 5.88. The van der Waals surface area contributed by atoms with E-state index in [-0.39, 0.29) is 41.9 Å². The van der Waals surface area contributed by atoms with Crippen molar-refractivity contribution < 1.29 is 18.7 Å². The van der Waals surface area contributed by atoms with Crippen LogP contribution in [0.1, 0.15) is 71.1 Å². The number of amides is 2. The van der Waals surface area contributed by atoms with Gasteiger partial charge in [0.1, 0.15) is 12.8 Å². The molecule has 29 heavy (non-hydrogen) atoms. The van der Waals surface area contributed by atoms with Crippen molar-refractivity contribution in [1.29, 1.82) is 0 Å². The number of nitrogens with one attached hydrogen (secondary N) is 2. The summed E-state index contributed by atoms with van der Waals surface area (Å²) in [4.78, 5) is 24.9. The van der Waals surface area contributed by atoms with Crippen LogP contribution in [0.4, 0.5) is 4.39 Å². The summed E-state index contributed by atoms with van der Waals surface area (Å²) in [5.41, 5.74) is -0.501. The van der Waals surface area contributed by atoms with Gasteiger partial charge in [0, 0.05) is 18.5 Å². The Kier molecular flexibility index (Phi) is 6.14. The average molecular weight is 429 g/mol. The predicted molar refractivity (Wildman–Crippen MR) is 109 cm³/mol. The van der Waals surface area contributed by atoms with E-state index in [1.807, 2.05) is 0 Å². The number of ether oxygens (including phenoxy) is 1. The Morgan fingerprint density at radius 2 is 1.86 bits per heavy atom. The molecule has 2 bridgehead atoms. The molecular formula is C22H34ClFN2O3. The minimum atomic E-state index is -1.06. The van der Waals surface area contributed by atoms with Gasteiger partial charge in [-0.2, -0.15) is 0 Å². The first kappa shape index (κ1) is 21.4. The van der Waals surface area contributed by atoms with E-state index in [9.17, 15) is 14.0 Å². The monoisotopic (exact) mass is 428 g/mol. The number of rotatable bonds is 7. The Morgan fingerprint density at radius 3 is 2.55 bits per heavy atom. The van der Waals surface area contributed by atoms with Gasteiger partial charge in [-0.3, -0.25) is 9.59 Å². The van der Waals surface area contributed by atoms with Crippen molar-refractivity contribution in [2.45, 2.75) is 94.3 Å². The van der Waals surface area contributed by atoms with Crippen LogP contribution in [0.15, 0.2) is 0 Å². The minimum absolute atomic E-state index is 0.0507. The first-order chi connectivity index (χ1) is 13.8. The highest BCUT2D eigenvalue weighted by Gasteiger charge is 2.72. The Labute approximate surface area is 177 Å². The summed E-state index contributed by atoms with van der Waals surface area (Å²) in [6.45, 7) is 3.03. The molecule has 164 valence electrons. The molecule has 5 aliphatic carbocycles. The van der Waals surface area contributed by atoms with Crippen molar-refractivity contribution in [1.82, 2.24) is 10.6 Å². The lowest BCUT2D eigenvalue weighted by Gasteiger charge is -2.69. The van der Waals surface area contributed by atoms with Crippen molar-refractivity contribution >= 4 is 23.4 Å². The van der Waals surface area contributed by atoms with Crippen LogP contribution < -0.4 is 10.6 Å². The lowest BCUT2D eigenvalue weighted by atomic mass is 9.39. The zero-order valence-corrected chi connectivity index (χ0v) is 18.1. The van der Waals surface area contributed by atoms with Gasteiger partial charge in [0.25, 0.3) is 0 Å². The summed E-state index contributed by atoms with van der Waals surface area (Å²) in [6, 6.07) is 0. The lowest BCUT2D eigenvalue weighted by molar-refractivity contribution is -0.185. The van der Waals surface area contributed by atoms with Crippen molar-refractivity contribution in [2.75, 3.05) is 13.2 Å². The second kappa shape index (κ2) is 8.33. The van der Waals surface area contributed by atoms with Crippen LogP contribution in [0.2, 0.25) is 0 Å². The number of hydrogen-bond acceptors (Lipinski definition) is 3. The summed E-state index contributed by atoms with van der Waals surface area (Å²) < 4.78 is 19.3. The lowest BCUT2D eigenvalue weighted by Crippen LogP contribution is -2.78. The van der Waals surface area contributed by atoms with Gasteiger partial charge >= 0.3 is 0 Å². The molecule has 7 heteroatoms. The molecule has 2 N–H and O–H groups in total. The van der Waals surface area contributed by atoms with E-state index in [1.165, 1.54) is 25.7 Å². The maximum Gasteiger partial charge on any atom is 0.246 e. The summed E-state index contributed by atoms with van der Waals surface area (Å²) in [7, 11) is 0. The largest absolute Gasteiger partial charge is 0.368 e. The smallest absolute Gasteiger partial charge is 0.246 e. The number of hydrogen-bond donors (Lipinski definition) is 2. The van der Waals surface area contributed by atoms with Gasteiger partial charge in [-0.25, -0.2) is 4.39 Å². The molecule has 5 nitrogen and oxygen atoms in total. The van der Waals surface area contributed by atoms with Gasteiger partial charge in [0.05, 0.1) is 16.9 Å². The van der Waals surface area contributed by atoms with Gasteiger partial charge in [-0.05, 0) is 50.4 Å². The molecule has 0 aromatic carbocycles. The summed E-state index contributed by atoms with van der Waals surface area (Å²) in [6.07, 6.45) is 7.46. The Bertz CT molecular complexity index is 626. The van der Waals surface area contributed by atoms with E-state index in [2.05, 4.69) is 17.6 Å². The van der Waals surface area contributed by atoms with Crippen molar-refractivity contribution in [3.8, 4) is 0 Å². The van der Waals surface area contributed by atoms with Gasteiger partial charge in [-0.15, -0.1) is 11.6 Å². The van der Waals surface area contributed by atoms with Crippen LogP contribution in [0, 0.1) is 17.3 Å². The second-order valence-electron chi connectivity index (χ2n) is 10.1. The van der Waals surface area contributed by atoms with Crippen LogP contribution in [-0.2, 0) is 14.3 Å². The normalized spacial score (nSPS) is 43.6. The van der Waals surface area contributed by atoms with Gasteiger partial charge in [-0.1, -0.05) is 26.2 Å². The van der Waals surface area contributed by atoms with Crippen molar-refractivity contribution in [3.63, 3.8) is 0 Å². The van der Waals surface area contributed by atoms with Gasteiger partial charge < -0.3 is 15.4 Å². The molecule has 0 radical (unpaired) electrons. The SMILES string of the molecule is CC1CCCCC1CNC(=O)C12CC(NC(=O)COC3CCC(Cl)C(F)C3)(C1)C2.